The number of hydrogen-bond donors (Lipinski definition) is 1. The molecule has 1 aromatic heterocycles. The molecule has 0 spiro atoms. The zero-order valence-corrected chi connectivity index (χ0v) is 7.45. The largest absolute Gasteiger partial charge is 0.369 e. The molecule has 0 saturated heterocycles. The molecule has 1 saturated carbocycles. The third-order valence-corrected chi connectivity index (χ3v) is 2.09. The maximum absolute atomic E-state index is 4.42. The molecule has 0 aliphatic heterocycles. The first-order valence-corrected chi connectivity index (χ1v) is 4.69. The van der Waals surface area contributed by atoms with Gasteiger partial charge in [-0.3, -0.25) is 4.68 Å². The average molecular weight is 165 g/mol. The van der Waals surface area contributed by atoms with Crippen LogP contribution in [0.4, 0.5) is 5.82 Å². The third kappa shape index (κ3) is 1.60. The van der Waals surface area contributed by atoms with Crippen LogP contribution in [0.15, 0.2) is 12.3 Å². The molecule has 1 aliphatic rings. The Morgan fingerprint density at radius 2 is 2.50 bits per heavy atom. The molecule has 3 nitrogen and oxygen atoms in total. The molecule has 0 radical (unpaired) electrons. The maximum atomic E-state index is 4.42. The van der Waals surface area contributed by atoms with E-state index in [2.05, 4.69) is 28.2 Å². The molecule has 0 amide bonds. The summed E-state index contributed by atoms with van der Waals surface area (Å²) in [5, 5.41) is 7.68. The highest BCUT2D eigenvalue weighted by molar-refractivity contribution is 5.32. The van der Waals surface area contributed by atoms with Gasteiger partial charge in [0.2, 0.25) is 0 Å². The van der Waals surface area contributed by atoms with Crippen molar-refractivity contribution in [1.82, 2.24) is 9.78 Å². The quantitative estimate of drug-likeness (QED) is 0.740. The van der Waals surface area contributed by atoms with E-state index < -0.39 is 0 Å². The lowest BCUT2D eigenvalue weighted by molar-refractivity contribution is 0.643. The van der Waals surface area contributed by atoms with Crippen molar-refractivity contribution >= 4 is 5.82 Å². The van der Waals surface area contributed by atoms with E-state index in [4.69, 9.17) is 0 Å². The summed E-state index contributed by atoms with van der Waals surface area (Å²) in [6, 6.07) is 2.75. The first-order valence-electron chi connectivity index (χ1n) is 4.69. The highest BCUT2D eigenvalue weighted by Crippen LogP contribution is 2.34. The number of nitrogens with one attached hydrogen (secondary N) is 1. The Morgan fingerprint density at radius 1 is 1.67 bits per heavy atom. The van der Waals surface area contributed by atoms with Gasteiger partial charge in [0.05, 0.1) is 6.04 Å². The van der Waals surface area contributed by atoms with E-state index in [9.17, 15) is 0 Å². The average Bonchev–Trinajstić information content (AvgIpc) is 2.83. The number of nitrogens with zero attached hydrogens (tertiary/aromatic N) is 2. The van der Waals surface area contributed by atoms with Crippen LogP contribution in [0, 0.1) is 0 Å². The Labute approximate surface area is 72.8 Å². The summed E-state index contributed by atoms with van der Waals surface area (Å²) in [4.78, 5) is 0. The van der Waals surface area contributed by atoms with E-state index in [0.29, 0.717) is 6.04 Å². The van der Waals surface area contributed by atoms with E-state index in [0.717, 1.165) is 18.8 Å². The Morgan fingerprint density at radius 3 is 3.17 bits per heavy atom. The molecular formula is C9H15N3. The summed E-state index contributed by atoms with van der Waals surface area (Å²) >= 11 is 0. The van der Waals surface area contributed by atoms with Crippen molar-refractivity contribution in [2.24, 2.45) is 0 Å². The SMILES string of the molecule is CCCNc1ccn(C2CC2)n1. The molecular weight excluding hydrogens is 150 g/mol. The minimum atomic E-state index is 0.696. The fourth-order valence-electron chi connectivity index (χ4n) is 1.23. The van der Waals surface area contributed by atoms with Crippen molar-refractivity contribution in [3.8, 4) is 0 Å². The molecule has 1 aromatic rings. The van der Waals surface area contributed by atoms with Crippen LogP contribution in [-0.4, -0.2) is 16.3 Å². The summed E-state index contributed by atoms with van der Waals surface area (Å²) in [5.41, 5.74) is 0. The van der Waals surface area contributed by atoms with Crippen LogP contribution in [0.2, 0.25) is 0 Å². The van der Waals surface area contributed by atoms with Crippen molar-refractivity contribution < 1.29 is 0 Å². The highest BCUT2D eigenvalue weighted by Gasteiger charge is 2.23. The third-order valence-electron chi connectivity index (χ3n) is 2.09. The van der Waals surface area contributed by atoms with E-state index in [1.54, 1.807) is 0 Å². The van der Waals surface area contributed by atoms with Gasteiger partial charge in [-0.2, -0.15) is 5.10 Å². The predicted molar refractivity (Wildman–Crippen MR) is 49.3 cm³/mol. The lowest BCUT2D eigenvalue weighted by Crippen LogP contribution is -2.01. The van der Waals surface area contributed by atoms with Crippen molar-refractivity contribution in [3.05, 3.63) is 12.3 Å². The molecule has 2 rings (SSSR count). The Bertz CT molecular complexity index is 250. The first-order chi connectivity index (χ1) is 5.90. The van der Waals surface area contributed by atoms with E-state index >= 15 is 0 Å². The Hall–Kier alpha value is -0.990. The number of rotatable bonds is 4. The Kier molecular flexibility index (Phi) is 2.02. The van der Waals surface area contributed by atoms with Crippen molar-refractivity contribution in [3.63, 3.8) is 0 Å². The molecule has 66 valence electrons. The summed E-state index contributed by atoms with van der Waals surface area (Å²) in [5.74, 6) is 1.02. The van der Waals surface area contributed by atoms with Crippen molar-refractivity contribution in [1.29, 1.82) is 0 Å². The molecule has 0 bridgehead atoms. The van der Waals surface area contributed by atoms with Gasteiger partial charge in [-0.15, -0.1) is 0 Å². The summed E-state index contributed by atoms with van der Waals surface area (Å²) < 4.78 is 2.07. The second-order valence-corrected chi connectivity index (χ2v) is 3.34. The van der Waals surface area contributed by atoms with E-state index in [1.807, 2.05) is 6.07 Å². The van der Waals surface area contributed by atoms with Gasteiger partial charge < -0.3 is 5.32 Å². The standard InChI is InChI=1S/C9H15N3/c1-2-6-10-9-5-7-12(11-9)8-3-4-8/h5,7-8H,2-4,6H2,1H3,(H,10,11). The summed E-state index contributed by atoms with van der Waals surface area (Å²) in [7, 11) is 0. The summed E-state index contributed by atoms with van der Waals surface area (Å²) in [6.07, 6.45) is 5.82. The number of anilines is 1. The van der Waals surface area contributed by atoms with Gasteiger partial charge in [-0.25, -0.2) is 0 Å². The minimum Gasteiger partial charge on any atom is -0.369 e. The maximum Gasteiger partial charge on any atom is 0.147 e. The van der Waals surface area contributed by atoms with Crippen LogP contribution in [0.1, 0.15) is 32.2 Å². The molecule has 1 heterocycles. The van der Waals surface area contributed by atoms with Crippen LogP contribution in [0.3, 0.4) is 0 Å². The summed E-state index contributed by atoms with van der Waals surface area (Å²) in [6.45, 7) is 3.17. The first kappa shape index (κ1) is 7.65. The highest BCUT2D eigenvalue weighted by atomic mass is 15.3. The van der Waals surface area contributed by atoms with Gasteiger partial charge in [0.15, 0.2) is 0 Å². The molecule has 12 heavy (non-hydrogen) atoms. The van der Waals surface area contributed by atoms with E-state index in [-0.39, 0.29) is 0 Å². The normalized spacial score (nSPS) is 16.4. The monoisotopic (exact) mass is 165 g/mol. The lowest BCUT2D eigenvalue weighted by Gasteiger charge is -1.98. The molecule has 0 aromatic carbocycles. The van der Waals surface area contributed by atoms with Crippen LogP contribution in [-0.2, 0) is 0 Å². The van der Waals surface area contributed by atoms with E-state index in [1.165, 1.54) is 12.8 Å². The second-order valence-electron chi connectivity index (χ2n) is 3.34. The zero-order valence-electron chi connectivity index (χ0n) is 7.45. The van der Waals surface area contributed by atoms with Crippen molar-refractivity contribution in [2.45, 2.75) is 32.2 Å². The second kappa shape index (κ2) is 3.17. The van der Waals surface area contributed by atoms with Gasteiger partial charge in [0, 0.05) is 18.8 Å². The van der Waals surface area contributed by atoms with Crippen LogP contribution >= 0.6 is 0 Å². The number of aromatic nitrogens is 2. The van der Waals surface area contributed by atoms with Gasteiger partial charge in [-0.05, 0) is 19.3 Å². The van der Waals surface area contributed by atoms with Gasteiger partial charge >= 0.3 is 0 Å². The molecule has 3 heteroatoms. The van der Waals surface area contributed by atoms with Crippen molar-refractivity contribution in [2.75, 3.05) is 11.9 Å². The van der Waals surface area contributed by atoms with Gasteiger partial charge in [0.25, 0.3) is 0 Å². The minimum absolute atomic E-state index is 0.696. The molecule has 0 unspecified atom stereocenters. The zero-order chi connectivity index (χ0) is 8.39. The lowest BCUT2D eigenvalue weighted by atomic mass is 10.5. The van der Waals surface area contributed by atoms with Crippen LogP contribution in [0.25, 0.3) is 0 Å². The van der Waals surface area contributed by atoms with Crippen LogP contribution in [0.5, 0.6) is 0 Å². The molecule has 1 N–H and O–H groups in total. The fraction of sp³-hybridized carbons (Fsp3) is 0.667. The predicted octanol–water partition coefficient (Wildman–Crippen LogP) is 2.04. The number of hydrogen-bond acceptors (Lipinski definition) is 2. The van der Waals surface area contributed by atoms with Gasteiger partial charge in [0.1, 0.15) is 5.82 Å². The fourth-order valence-corrected chi connectivity index (χ4v) is 1.23. The molecule has 0 atom stereocenters. The topological polar surface area (TPSA) is 29.9 Å². The molecule has 1 fully saturated rings. The smallest absolute Gasteiger partial charge is 0.147 e. The van der Waals surface area contributed by atoms with Crippen LogP contribution < -0.4 is 5.32 Å². The molecule has 1 aliphatic carbocycles. The van der Waals surface area contributed by atoms with Gasteiger partial charge in [-0.1, -0.05) is 6.92 Å². The Balaban J connectivity index is 1.93.